The van der Waals surface area contributed by atoms with Crippen LogP contribution in [0.4, 0.5) is 5.69 Å². The average molecular weight is 222 g/mol. The van der Waals surface area contributed by atoms with Crippen LogP contribution in [0.25, 0.3) is 0 Å². The summed E-state index contributed by atoms with van der Waals surface area (Å²) >= 11 is 0. The molecule has 0 aliphatic rings. The number of phenols is 1. The van der Waals surface area contributed by atoms with Gasteiger partial charge in [-0.05, 0) is 30.7 Å². The van der Waals surface area contributed by atoms with Gasteiger partial charge in [0.05, 0.1) is 6.04 Å². The Bertz CT molecular complexity index is 349. The van der Waals surface area contributed by atoms with Gasteiger partial charge in [-0.3, -0.25) is 4.79 Å². The number of phenolic OH excluding ortho intramolecular Hbond substituents is 1. The van der Waals surface area contributed by atoms with Gasteiger partial charge in [0.2, 0.25) is 5.91 Å². The van der Waals surface area contributed by atoms with E-state index in [1.54, 1.807) is 31.3 Å². The summed E-state index contributed by atoms with van der Waals surface area (Å²) in [4.78, 5) is 13.4. The van der Waals surface area contributed by atoms with E-state index in [9.17, 15) is 4.79 Å². The lowest BCUT2D eigenvalue weighted by atomic mass is 10.1. The molecule has 0 bridgehead atoms. The van der Waals surface area contributed by atoms with Crippen molar-refractivity contribution in [2.45, 2.75) is 25.8 Å². The Kier molecular flexibility index (Phi) is 4.31. The van der Waals surface area contributed by atoms with Crippen LogP contribution in [0.3, 0.4) is 0 Å². The summed E-state index contributed by atoms with van der Waals surface area (Å²) in [5.41, 5.74) is 6.49. The van der Waals surface area contributed by atoms with E-state index in [4.69, 9.17) is 10.8 Å². The van der Waals surface area contributed by atoms with E-state index < -0.39 is 6.04 Å². The Labute approximate surface area is 95.7 Å². The largest absolute Gasteiger partial charge is 0.508 e. The highest BCUT2D eigenvalue weighted by Gasteiger charge is 2.18. The van der Waals surface area contributed by atoms with Crippen molar-refractivity contribution in [3.63, 3.8) is 0 Å². The number of hydrogen-bond acceptors (Lipinski definition) is 3. The third-order valence-electron chi connectivity index (χ3n) is 2.48. The topological polar surface area (TPSA) is 66.6 Å². The Hall–Kier alpha value is -1.55. The molecule has 0 heterocycles. The number of nitrogens with two attached hydrogens (primary N) is 1. The molecule has 1 amide bonds. The van der Waals surface area contributed by atoms with Crippen molar-refractivity contribution >= 4 is 11.6 Å². The van der Waals surface area contributed by atoms with Crippen LogP contribution in [-0.2, 0) is 4.79 Å². The van der Waals surface area contributed by atoms with Gasteiger partial charge in [-0.1, -0.05) is 13.3 Å². The highest BCUT2D eigenvalue weighted by Crippen LogP contribution is 2.18. The second-order valence-electron chi connectivity index (χ2n) is 3.81. The van der Waals surface area contributed by atoms with Gasteiger partial charge in [-0.15, -0.1) is 0 Å². The minimum atomic E-state index is -0.455. The number of carbonyl (C=O) groups excluding carboxylic acids is 1. The van der Waals surface area contributed by atoms with E-state index >= 15 is 0 Å². The van der Waals surface area contributed by atoms with Crippen LogP contribution in [0, 0.1) is 0 Å². The SMILES string of the molecule is CCC[C@H](N)C(=O)N(C)c1ccc(O)cc1. The van der Waals surface area contributed by atoms with Crippen molar-refractivity contribution in [1.82, 2.24) is 0 Å². The maximum absolute atomic E-state index is 11.9. The fourth-order valence-electron chi connectivity index (χ4n) is 1.49. The van der Waals surface area contributed by atoms with Crippen LogP contribution < -0.4 is 10.6 Å². The van der Waals surface area contributed by atoms with E-state index in [1.807, 2.05) is 6.92 Å². The molecule has 3 N–H and O–H groups in total. The van der Waals surface area contributed by atoms with E-state index in [2.05, 4.69) is 0 Å². The first kappa shape index (κ1) is 12.5. The zero-order valence-electron chi connectivity index (χ0n) is 9.68. The smallest absolute Gasteiger partial charge is 0.243 e. The standard InChI is InChI=1S/C12H18N2O2/c1-3-4-11(13)12(16)14(2)9-5-7-10(15)8-6-9/h5-8,11,15H,3-4,13H2,1-2H3/t11-/m0/s1. The molecule has 1 aromatic rings. The minimum absolute atomic E-state index is 0.104. The number of hydrogen-bond donors (Lipinski definition) is 2. The Morgan fingerprint density at radius 3 is 2.50 bits per heavy atom. The van der Waals surface area contributed by atoms with Crippen LogP contribution in [-0.4, -0.2) is 24.1 Å². The molecule has 0 aromatic heterocycles. The van der Waals surface area contributed by atoms with Gasteiger partial charge < -0.3 is 15.7 Å². The molecule has 0 unspecified atom stereocenters. The number of rotatable bonds is 4. The zero-order chi connectivity index (χ0) is 12.1. The second kappa shape index (κ2) is 5.51. The molecular formula is C12H18N2O2. The highest BCUT2D eigenvalue weighted by molar-refractivity contribution is 5.96. The minimum Gasteiger partial charge on any atom is -0.508 e. The maximum Gasteiger partial charge on any atom is 0.243 e. The average Bonchev–Trinajstić information content (AvgIpc) is 2.28. The van der Waals surface area contributed by atoms with Crippen molar-refractivity contribution < 1.29 is 9.90 Å². The number of benzene rings is 1. The molecule has 4 heteroatoms. The third-order valence-corrected chi connectivity index (χ3v) is 2.48. The van der Waals surface area contributed by atoms with Crippen LogP contribution in [0.5, 0.6) is 5.75 Å². The van der Waals surface area contributed by atoms with E-state index in [0.29, 0.717) is 6.42 Å². The molecule has 0 aliphatic carbocycles. The van der Waals surface area contributed by atoms with Gasteiger partial charge in [-0.25, -0.2) is 0 Å². The number of carbonyl (C=O) groups is 1. The van der Waals surface area contributed by atoms with Crippen molar-refractivity contribution in [2.24, 2.45) is 5.73 Å². The summed E-state index contributed by atoms with van der Waals surface area (Å²) in [7, 11) is 1.68. The molecule has 0 fully saturated rings. The molecule has 4 nitrogen and oxygen atoms in total. The molecule has 1 aromatic carbocycles. The number of aromatic hydroxyl groups is 1. The summed E-state index contributed by atoms with van der Waals surface area (Å²) in [6.07, 6.45) is 1.57. The van der Waals surface area contributed by atoms with Gasteiger partial charge >= 0.3 is 0 Å². The van der Waals surface area contributed by atoms with Crippen LogP contribution in [0.15, 0.2) is 24.3 Å². The fraction of sp³-hybridized carbons (Fsp3) is 0.417. The maximum atomic E-state index is 11.9. The summed E-state index contributed by atoms with van der Waals surface area (Å²) in [6.45, 7) is 1.99. The molecule has 1 atom stereocenters. The zero-order valence-corrected chi connectivity index (χ0v) is 9.68. The molecule has 0 spiro atoms. The molecule has 0 radical (unpaired) electrons. The molecule has 0 saturated carbocycles. The highest BCUT2D eigenvalue weighted by atomic mass is 16.3. The first-order valence-corrected chi connectivity index (χ1v) is 5.38. The predicted octanol–water partition coefficient (Wildman–Crippen LogP) is 1.48. The number of likely N-dealkylation sites (N-methyl/N-ethyl adjacent to an activating group) is 1. The van der Waals surface area contributed by atoms with Crippen LogP contribution in [0.1, 0.15) is 19.8 Å². The third kappa shape index (κ3) is 2.97. The van der Waals surface area contributed by atoms with Crippen molar-refractivity contribution in [3.05, 3.63) is 24.3 Å². The summed E-state index contributed by atoms with van der Waals surface area (Å²) in [6, 6.07) is 6.01. The monoisotopic (exact) mass is 222 g/mol. The fourth-order valence-corrected chi connectivity index (χ4v) is 1.49. The van der Waals surface area contributed by atoms with E-state index in [0.717, 1.165) is 12.1 Å². The van der Waals surface area contributed by atoms with Gasteiger partial charge in [-0.2, -0.15) is 0 Å². The molecular weight excluding hydrogens is 204 g/mol. The predicted molar refractivity (Wildman–Crippen MR) is 64.4 cm³/mol. The lowest BCUT2D eigenvalue weighted by Gasteiger charge is -2.21. The van der Waals surface area contributed by atoms with E-state index in [-0.39, 0.29) is 11.7 Å². The molecule has 16 heavy (non-hydrogen) atoms. The van der Waals surface area contributed by atoms with Crippen LogP contribution in [0.2, 0.25) is 0 Å². The van der Waals surface area contributed by atoms with E-state index in [1.165, 1.54) is 4.90 Å². The van der Waals surface area contributed by atoms with Crippen LogP contribution >= 0.6 is 0 Å². The van der Waals surface area contributed by atoms with Gasteiger partial charge in [0, 0.05) is 12.7 Å². The van der Waals surface area contributed by atoms with Crippen molar-refractivity contribution in [3.8, 4) is 5.75 Å². The van der Waals surface area contributed by atoms with Gasteiger partial charge in [0.1, 0.15) is 5.75 Å². The first-order chi connectivity index (χ1) is 7.56. The lowest BCUT2D eigenvalue weighted by Crippen LogP contribution is -2.41. The molecule has 0 saturated heterocycles. The molecule has 88 valence electrons. The number of anilines is 1. The second-order valence-corrected chi connectivity index (χ2v) is 3.81. The van der Waals surface area contributed by atoms with Gasteiger partial charge in [0.15, 0.2) is 0 Å². The van der Waals surface area contributed by atoms with Crippen molar-refractivity contribution in [1.29, 1.82) is 0 Å². The first-order valence-electron chi connectivity index (χ1n) is 5.38. The Morgan fingerprint density at radius 1 is 1.44 bits per heavy atom. The number of nitrogens with zero attached hydrogens (tertiary/aromatic N) is 1. The Morgan fingerprint density at radius 2 is 2.00 bits per heavy atom. The quantitative estimate of drug-likeness (QED) is 0.811. The lowest BCUT2D eigenvalue weighted by molar-refractivity contribution is -0.119. The van der Waals surface area contributed by atoms with Gasteiger partial charge in [0.25, 0.3) is 0 Å². The normalized spacial score (nSPS) is 12.2. The summed E-state index contributed by atoms with van der Waals surface area (Å²) in [5, 5.41) is 9.14. The number of amides is 1. The van der Waals surface area contributed by atoms with Crippen molar-refractivity contribution in [2.75, 3.05) is 11.9 Å². The molecule has 0 aliphatic heterocycles. The molecule has 1 rings (SSSR count). The summed E-state index contributed by atoms with van der Waals surface area (Å²) < 4.78 is 0. The Balaban J connectivity index is 2.73. The summed E-state index contributed by atoms with van der Waals surface area (Å²) in [5.74, 6) is 0.0787.